The van der Waals surface area contributed by atoms with Crippen LogP contribution in [-0.2, 0) is 9.59 Å². The van der Waals surface area contributed by atoms with Crippen LogP contribution in [0.5, 0.6) is 0 Å². The normalized spacial score (nSPS) is 15.7. The molecule has 0 aromatic heterocycles. The van der Waals surface area contributed by atoms with E-state index >= 15 is 0 Å². The van der Waals surface area contributed by atoms with Gasteiger partial charge in [-0.2, -0.15) is 0 Å². The van der Waals surface area contributed by atoms with E-state index in [1.54, 1.807) is 24.3 Å². The first-order chi connectivity index (χ1) is 11.1. The number of benzene rings is 1. The van der Waals surface area contributed by atoms with Crippen molar-refractivity contribution in [3.8, 4) is 0 Å². The van der Waals surface area contributed by atoms with Gasteiger partial charge >= 0.3 is 0 Å². The highest BCUT2D eigenvalue weighted by molar-refractivity contribution is 6.37. The summed E-state index contributed by atoms with van der Waals surface area (Å²) in [5, 5.41) is 3.77. The van der Waals surface area contributed by atoms with Crippen LogP contribution in [0.15, 0.2) is 24.3 Å². The number of carbonyl (C=O) groups is 2. The monoisotopic (exact) mass is 354 g/mol. The molecule has 1 aromatic carbocycles. The smallest absolute Gasteiger partial charge is 0.244 e. The summed E-state index contributed by atoms with van der Waals surface area (Å²) in [6.45, 7) is 1.76. The number of rotatable bonds is 5. The van der Waals surface area contributed by atoms with Gasteiger partial charge in [0.1, 0.15) is 0 Å². The highest BCUT2D eigenvalue weighted by Crippen LogP contribution is 2.25. The van der Waals surface area contributed by atoms with Gasteiger partial charge in [-0.15, -0.1) is 0 Å². The van der Waals surface area contributed by atoms with Gasteiger partial charge in [-0.3, -0.25) is 9.59 Å². The molecule has 1 saturated heterocycles. The maximum absolute atomic E-state index is 11.8. The Kier molecular flexibility index (Phi) is 6.93. The second-order valence-corrected chi connectivity index (χ2v) is 6.27. The number of hydrogen-bond acceptors (Lipinski definition) is 2. The van der Waals surface area contributed by atoms with Gasteiger partial charge in [-0.05, 0) is 31.1 Å². The molecule has 0 atom stereocenters. The third-order valence-electron chi connectivity index (χ3n) is 3.75. The minimum atomic E-state index is -0.233. The maximum Gasteiger partial charge on any atom is 0.244 e. The predicted octanol–water partition coefficient (Wildman–Crippen LogP) is 3.53. The first-order valence-electron chi connectivity index (χ1n) is 7.75. The van der Waals surface area contributed by atoms with E-state index in [1.165, 1.54) is 6.08 Å². The molecule has 0 unspecified atom stereocenters. The van der Waals surface area contributed by atoms with E-state index < -0.39 is 0 Å². The second kappa shape index (κ2) is 8.94. The van der Waals surface area contributed by atoms with E-state index in [1.807, 2.05) is 4.90 Å². The zero-order valence-electron chi connectivity index (χ0n) is 12.9. The molecule has 2 amide bonds. The molecule has 6 heteroatoms. The fraction of sp³-hybridized carbons (Fsp3) is 0.412. The molecule has 1 aliphatic heterocycles. The van der Waals surface area contributed by atoms with Crippen molar-refractivity contribution in [2.45, 2.75) is 25.7 Å². The van der Waals surface area contributed by atoms with E-state index in [0.717, 1.165) is 25.8 Å². The predicted molar refractivity (Wildman–Crippen MR) is 93.6 cm³/mol. The quantitative estimate of drug-likeness (QED) is 0.822. The fourth-order valence-corrected chi connectivity index (χ4v) is 3.00. The van der Waals surface area contributed by atoms with E-state index in [-0.39, 0.29) is 11.8 Å². The average Bonchev–Trinajstić information content (AvgIpc) is 2.72. The topological polar surface area (TPSA) is 49.4 Å². The minimum Gasteiger partial charge on any atom is -0.351 e. The first-order valence-corrected chi connectivity index (χ1v) is 8.51. The Morgan fingerprint density at radius 2 is 1.96 bits per heavy atom. The molecule has 0 bridgehead atoms. The van der Waals surface area contributed by atoms with Crippen LogP contribution in [-0.4, -0.2) is 36.3 Å². The minimum absolute atomic E-state index is 0.176. The van der Waals surface area contributed by atoms with Crippen LogP contribution >= 0.6 is 23.2 Å². The molecule has 0 aliphatic carbocycles. The summed E-state index contributed by atoms with van der Waals surface area (Å²) in [6, 6.07) is 5.19. The van der Waals surface area contributed by atoms with Crippen LogP contribution in [0.3, 0.4) is 0 Å². The SMILES string of the molecule is O=C(/C=C/c1c(Cl)cccc1Cl)NCCN1CCCCCC1=O. The van der Waals surface area contributed by atoms with E-state index in [0.29, 0.717) is 35.1 Å². The Bertz CT molecular complexity index is 582. The molecule has 1 N–H and O–H groups in total. The number of likely N-dealkylation sites (tertiary alicyclic amines) is 1. The molecule has 2 rings (SSSR count). The van der Waals surface area contributed by atoms with Crippen molar-refractivity contribution in [3.05, 3.63) is 39.9 Å². The van der Waals surface area contributed by atoms with Crippen molar-refractivity contribution in [1.82, 2.24) is 10.2 Å². The van der Waals surface area contributed by atoms with Crippen LogP contribution in [0, 0.1) is 0 Å². The van der Waals surface area contributed by atoms with Crippen LogP contribution in [0.1, 0.15) is 31.2 Å². The van der Waals surface area contributed by atoms with E-state index in [2.05, 4.69) is 5.32 Å². The molecular weight excluding hydrogens is 335 g/mol. The van der Waals surface area contributed by atoms with Crippen LogP contribution in [0.4, 0.5) is 0 Å². The molecule has 1 fully saturated rings. The van der Waals surface area contributed by atoms with Gasteiger partial charge in [0.15, 0.2) is 0 Å². The Balaban J connectivity index is 1.81. The Labute approximate surface area is 146 Å². The lowest BCUT2D eigenvalue weighted by Crippen LogP contribution is -2.37. The van der Waals surface area contributed by atoms with Crippen molar-refractivity contribution in [3.63, 3.8) is 0 Å². The van der Waals surface area contributed by atoms with Gasteiger partial charge in [-0.1, -0.05) is 35.7 Å². The summed E-state index contributed by atoms with van der Waals surface area (Å²) in [7, 11) is 0. The fourth-order valence-electron chi connectivity index (χ4n) is 2.48. The molecule has 0 radical (unpaired) electrons. The van der Waals surface area contributed by atoms with Gasteiger partial charge in [0.05, 0.1) is 0 Å². The average molecular weight is 355 g/mol. The highest BCUT2D eigenvalue weighted by Gasteiger charge is 2.15. The highest BCUT2D eigenvalue weighted by atomic mass is 35.5. The van der Waals surface area contributed by atoms with Crippen molar-refractivity contribution >= 4 is 41.1 Å². The van der Waals surface area contributed by atoms with E-state index in [9.17, 15) is 9.59 Å². The summed E-state index contributed by atoms with van der Waals surface area (Å²) < 4.78 is 0. The van der Waals surface area contributed by atoms with Gasteiger partial charge in [0.2, 0.25) is 11.8 Å². The van der Waals surface area contributed by atoms with Crippen molar-refractivity contribution in [2.75, 3.05) is 19.6 Å². The molecular formula is C17H20Cl2N2O2. The van der Waals surface area contributed by atoms with Crippen LogP contribution in [0.2, 0.25) is 10.0 Å². The number of nitrogens with zero attached hydrogens (tertiary/aromatic N) is 1. The molecule has 4 nitrogen and oxygen atoms in total. The Hall–Kier alpha value is -1.52. The number of carbonyl (C=O) groups excluding carboxylic acids is 2. The van der Waals surface area contributed by atoms with E-state index in [4.69, 9.17) is 23.2 Å². The van der Waals surface area contributed by atoms with Crippen molar-refractivity contribution < 1.29 is 9.59 Å². The lowest BCUT2D eigenvalue weighted by Gasteiger charge is -2.20. The summed E-state index contributed by atoms with van der Waals surface area (Å²) in [6.07, 6.45) is 6.69. The third-order valence-corrected chi connectivity index (χ3v) is 4.41. The van der Waals surface area contributed by atoms with Gasteiger partial charge in [-0.25, -0.2) is 0 Å². The standard InChI is InChI=1S/C17H20Cl2N2O2/c18-14-5-4-6-15(19)13(14)8-9-16(22)20-10-12-21-11-3-1-2-7-17(21)23/h4-6,8-9H,1-3,7,10-12H2,(H,20,22)/b9-8+. The van der Waals surface area contributed by atoms with Gasteiger partial charge in [0.25, 0.3) is 0 Å². The summed E-state index contributed by atoms with van der Waals surface area (Å²) >= 11 is 12.1. The molecule has 1 aromatic rings. The Morgan fingerprint density at radius 1 is 1.22 bits per heavy atom. The molecule has 23 heavy (non-hydrogen) atoms. The zero-order chi connectivity index (χ0) is 16.7. The molecule has 0 saturated carbocycles. The summed E-state index contributed by atoms with van der Waals surface area (Å²) in [4.78, 5) is 25.5. The maximum atomic E-state index is 11.8. The van der Waals surface area contributed by atoms with Crippen molar-refractivity contribution in [2.24, 2.45) is 0 Å². The molecule has 1 heterocycles. The number of nitrogens with one attached hydrogen (secondary N) is 1. The summed E-state index contributed by atoms with van der Waals surface area (Å²) in [5.74, 6) is -0.0570. The number of amides is 2. The largest absolute Gasteiger partial charge is 0.351 e. The first kappa shape index (κ1) is 17.8. The molecule has 124 valence electrons. The van der Waals surface area contributed by atoms with Gasteiger partial charge in [0, 0.05) is 47.7 Å². The second-order valence-electron chi connectivity index (χ2n) is 5.45. The van der Waals surface area contributed by atoms with Crippen LogP contribution < -0.4 is 5.32 Å². The number of halogens is 2. The molecule has 1 aliphatic rings. The lowest BCUT2D eigenvalue weighted by atomic mass is 10.2. The zero-order valence-corrected chi connectivity index (χ0v) is 14.4. The van der Waals surface area contributed by atoms with Gasteiger partial charge < -0.3 is 10.2 Å². The summed E-state index contributed by atoms with van der Waals surface area (Å²) in [5.41, 5.74) is 0.619. The number of hydrogen-bond donors (Lipinski definition) is 1. The Morgan fingerprint density at radius 3 is 2.70 bits per heavy atom. The van der Waals surface area contributed by atoms with Crippen molar-refractivity contribution in [1.29, 1.82) is 0 Å². The third kappa shape index (κ3) is 5.56. The molecule has 0 spiro atoms. The van der Waals surface area contributed by atoms with Crippen LogP contribution in [0.25, 0.3) is 6.08 Å². The lowest BCUT2D eigenvalue weighted by molar-refractivity contribution is -0.131.